The predicted octanol–water partition coefficient (Wildman–Crippen LogP) is 6.13. The van der Waals surface area contributed by atoms with Gasteiger partial charge in [-0.05, 0) is 85.8 Å². The lowest BCUT2D eigenvalue weighted by Gasteiger charge is -2.26. The third kappa shape index (κ3) is 5.22. The zero-order valence-electron chi connectivity index (χ0n) is 20.6. The van der Waals surface area contributed by atoms with E-state index in [9.17, 15) is 4.79 Å². The summed E-state index contributed by atoms with van der Waals surface area (Å²) in [5.74, 6) is 0.881. The molecule has 0 spiro atoms. The number of hydrogen-bond donors (Lipinski definition) is 2. The molecule has 0 unspecified atom stereocenters. The Morgan fingerprint density at radius 2 is 1.76 bits per heavy atom. The van der Waals surface area contributed by atoms with Crippen LogP contribution in [0.25, 0.3) is 22.0 Å². The molecule has 0 atom stereocenters. The predicted molar refractivity (Wildman–Crippen MR) is 141 cm³/mol. The summed E-state index contributed by atoms with van der Waals surface area (Å²) in [6.45, 7) is 3.22. The summed E-state index contributed by atoms with van der Waals surface area (Å²) in [5.41, 5.74) is 12.2. The number of benzene rings is 2. The highest BCUT2D eigenvalue weighted by Gasteiger charge is 2.22. The van der Waals surface area contributed by atoms with Crippen molar-refractivity contribution in [2.24, 2.45) is 11.7 Å². The zero-order chi connectivity index (χ0) is 23.5. The maximum absolute atomic E-state index is 13.1. The molecule has 1 amide bonds. The minimum Gasteiger partial charge on any atom is -0.353 e. The number of carbonyl (C=O) groups is 1. The number of hydrogen-bond acceptors (Lipinski definition) is 2. The fourth-order valence-corrected chi connectivity index (χ4v) is 6.09. The van der Waals surface area contributed by atoms with Crippen molar-refractivity contribution in [1.29, 1.82) is 0 Å². The third-order valence-corrected chi connectivity index (χ3v) is 8.09. The smallest absolute Gasteiger partial charge is 0.224 e. The second-order valence-electron chi connectivity index (χ2n) is 10.7. The van der Waals surface area contributed by atoms with Crippen LogP contribution in [0.5, 0.6) is 0 Å². The van der Waals surface area contributed by atoms with Crippen molar-refractivity contribution >= 4 is 16.8 Å². The van der Waals surface area contributed by atoms with Gasteiger partial charge in [0.2, 0.25) is 5.91 Å². The molecule has 3 aromatic rings. The molecule has 0 radical (unpaired) electrons. The summed E-state index contributed by atoms with van der Waals surface area (Å²) in [6.07, 6.45) is 13.4. The van der Waals surface area contributed by atoms with E-state index in [4.69, 9.17) is 5.73 Å². The first-order chi connectivity index (χ1) is 16.6. The second-order valence-corrected chi connectivity index (χ2v) is 10.7. The van der Waals surface area contributed by atoms with E-state index in [2.05, 4.69) is 65.5 Å². The average molecular weight is 458 g/mol. The minimum atomic E-state index is 0.137. The van der Waals surface area contributed by atoms with Gasteiger partial charge in [-0.3, -0.25) is 4.79 Å². The Kier molecular flexibility index (Phi) is 7.05. The molecule has 0 aliphatic heterocycles. The number of aryl methyl sites for hydroxylation is 1. The van der Waals surface area contributed by atoms with Crippen LogP contribution in [-0.4, -0.2) is 22.6 Å². The Bertz CT molecular complexity index is 1130. The van der Waals surface area contributed by atoms with Crippen molar-refractivity contribution in [2.75, 3.05) is 0 Å². The third-order valence-electron chi connectivity index (χ3n) is 8.09. The molecule has 5 rings (SSSR count). The highest BCUT2D eigenvalue weighted by Crippen LogP contribution is 2.32. The lowest BCUT2D eigenvalue weighted by molar-refractivity contribution is -0.121. The molecule has 0 saturated heterocycles. The van der Waals surface area contributed by atoms with E-state index in [1.807, 2.05) is 0 Å². The van der Waals surface area contributed by atoms with E-state index in [0.29, 0.717) is 12.5 Å². The quantitative estimate of drug-likeness (QED) is 0.468. The first-order valence-electron chi connectivity index (χ1n) is 13.3. The summed E-state index contributed by atoms with van der Waals surface area (Å²) in [5, 5.41) is 4.51. The number of nitrogens with zero attached hydrogens (tertiary/aromatic N) is 1. The number of fused-ring (bicyclic) bond motifs is 1. The van der Waals surface area contributed by atoms with Gasteiger partial charge in [-0.1, -0.05) is 49.6 Å². The van der Waals surface area contributed by atoms with Crippen LogP contribution in [0, 0.1) is 12.8 Å². The van der Waals surface area contributed by atoms with E-state index >= 15 is 0 Å². The Hall–Kier alpha value is -2.59. The number of amides is 1. The summed E-state index contributed by atoms with van der Waals surface area (Å²) in [6, 6.07) is 15.9. The van der Waals surface area contributed by atoms with Crippen LogP contribution < -0.4 is 11.1 Å². The van der Waals surface area contributed by atoms with Crippen LogP contribution >= 0.6 is 0 Å². The molecule has 0 bridgehead atoms. The number of aromatic nitrogens is 1. The maximum Gasteiger partial charge on any atom is 0.224 e. The van der Waals surface area contributed by atoms with Gasteiger partial charge < -0.3 is 15.6 Å². The van der Waals surface area contributed by atoms with Crippen molar-refractivity contribution in [3.8, 4) is 11.1 Å². The van der Waals surface area contributed by atoms with E-state index in [0.717, 1.165) is 43.7 Å². The van der Waals surface area contributed by atoms with E-state index in [1.54, 1.807) is 0 Å². The Morgan fingerprint density at radius 3 is 2.53 bits per heavy atom. The topological polar surface area (TPSA) is 60.1 Å². The summed E-state index contributed by atoms with van der Waals surface area (Å²) in [7, 11) is 0. The number of nitrogens with two attached hydrogens (primary N) is 1. The van der Waals surface area contributed by atoms with Crippen molar-refractivity contribution in [2.45, 2.75) is 89.8 Å². The van der Waals surface area contributed by atoms with Gasteiger partial charge in [0.25, 0.3) is 0 Å². The van der Waals surface area contributed by atoms with Crippen LogP contribution in [-0.2, 0) is 17.8 Å². The summed E-state index contributed by atoms with van der Waals surface area (Å²) in [4.78, 5) is 13.1. The maximum atomic E-state index is 13.1. The zero-order valence-corrected chi connectivity index (χ0v) is 20.6. The van der Waals surface area contributed by atoms with Crippen molar-refractivity contribution < 1.29 is 4.79 Å². The first-order valence-corrected chi connectivity index (χ1v) is 13.3. The highest BCUT2D eigenvalue weighted by atomic mass is 16.1. The molecule has 180 valence electrons. The minimum absolute atomic E-state index is 0.137. The van der Waals surface area contributed by atoms with Gasteiger partial charge in [0.15, 0.2) is 0 Å². The average Bonchev–Trinajstić information content (AvgIpc) is 3.17. The number of carbonyl (C=O) groups excluding carboxylic acids is 1. The molecule has 2 aliphatic carbocycles. The standard InChI is InChI=1S/C30H39N3O/c1-21-7-5-6-10-27(21)23-11-16-29-28(17-23)24(20-33(29)19-22-8-3-2-4-9-22)18-30(34)32-26-14-12-25(31)13-15-26/h5-7,10-11,16-17,20,22,25-26H,2-4,8-9,12-15,18-19,31H2,1H3,(H,32,34). The molecule has 34 heavy (non-hydrogen) atoms. The van der Waals surface area contributed by atoms with Crippen LogP contribution in [0.4, 0.5) is 0 Å². The van der Waals surface area contributed by atoms with Crippen LogP contribution in [0.1, 0.15) is 68.9 Å². The molecule has 2 fully saturated rings. The van der Waals surface area contributed by atoms with Gasteiger partial charge in [0.1, 0.15) is 0 Å². The molecule has 3 N–H and O–H groups in total. The molecular weight excluding hydrogens is 418 g/mol. The monoisotopic (exact) mass is 457 g/mol. The first kappa shape index (κ1) is 23.2. The van der Waals surface area contributed by atoms with Gasteiger partial charge in [0.05, 0.1) is 6.42 Å². The SMILES string of the molecule is Cc1ccccc1-c1ccc2c(c1)c(CC(=O)NC1CCC(N)CC1)cn2CC1CCCCC1. The fourth-order valence-electron chi connectivity index (χ4n) is 6.09. The normalized spacial score (nSPS) is 21.6. The Balaban J connectivity index is 1.43. The van der Waals surface area contributed by atoms with Gasteiger partial charge in [0, 0.05) is 35.7 Å². The molecule has 2 saturated carbocycles. The van der Waals surface area contributed by atoms with Gasteiger partial charge in [-0.2, -0.15) is 0 Å². The highest BCUT2D eigenvalue weighted by molar-refractivity contribution is 5.92. The molecule has 4 heteroatoms. The Morgan fingerprint density at radius 1 is 1.00 bits per heavy atom. The van der Waals surface area contributed by atoms with Crippen molar-refractivity contribution in [1.82, 2.24) is 9.88 Å². The number of rotatable bonds is 6. The van der Waals surface area contributed by atoms with Crippen molar-refractivity contribution in [3.05, 3.63) is 59.8 Å². The molecule has 1 aromatic heterocycles. The molecule has 1 heterocycles. The molecule has 2 aromatic carbocycles. The molecule has 4 nitrogen and oxygen atoms in total. The second kappa shape index (κ2) is 10.4. The Labute approximate surface area is 203 Å². The number of nitrogens with one attached hydrogen (secondary N) is 1. The van der Waals surface area contributed by atoms with E-state index in [1.165, 1.54) is 59.7 Å². The van der Waals surface area contributed by atoms with E-state index in [-0.39, 0.29) is 11.9 Å². The van der Waals surface area contributed by atoms with Crippen LogP contribution in [0.3, 0.4) is 0 Å². The van der Waals surface area contributed by atoms with Crippen LogP contribution in [0.2, 0.25) is 0 Å². The fraction of sp³-hybridized carbons (Fsp3) is 0.500. The summed E-state index contributed by atoms with van der Waals surface area (Å²) < 4.78 is 2.43. The van der Waals surface area contributed by atoms with Gasteiger partial charge in [-0.25, -0.2) is 0 Å². The largest absolute Gasteiger partial charge is 0.353 e. The van der Waals surface area contributed by atoms with Gasteiger partial charge in [-0.15, -0.1) is 0 Å². The molecule has 2 aliphatic rings. The van der Waals surface area contributed by atoms with E-state index < -0.39 is 0 Å². The summed E-state index contributed by atoms with van der Waals surface area (Å²) >= 11 is 0. The van der Waals surface area contributed by atoms with Crippen molar-refractivity contribution in [3.63, 3.8) is 0 Å². The van der Waals surface area contributed by atoms with Gasteiger partial charge >= 0.3 is 0 Å². The lowest BCUT2D eigenvalue weighted by atomic mass is 9.89. The lowest BCUT2D eigenvalue weighted by Crippen LogP contribution is -2.41. The van der Waals surface area contributed by atoms with Crippen LogP contribution in [0.15, 0.2) is 48.7 Å². The molecular formula is C30H39N3O.